The topological polar surface area (TPSA) is 61.4 Å². The maximum atomic E-state index is 11.5. The molecule has 0 atom stereocenters. The van der Waals surface area contributed by atoms with Crippen LogP contribution in [0.5, 0.6) is 0 Å². The predicted octanol–water partition coefficient (Wildman–Crippen LogP) is 1.76. The van der Waals surface area contributed by atoms with Crippen LogP contribution in [0.3, 0.4) is 0 Å². The van der Waals surface area contributed by atoms with Crippen LogP contribution in [0, 0.1) is 0 Å². The number of carbonyl (C=O) groups excluding carboxylic acids is 1. The van der Waals surface area contributed by atoms with Gasteiger partial charge in [-0.15, -0.1) is 0 Å². The van der Waals surface area contributed by atoms with E-state index in [9.17, 15) is 4.79 Å². The van der Waals surface area contributed by atoms with Gasteiger partial charge in [0.2, 0.25) is 0 Å². The molecule has 0 unspecified atom stereocenters. The molecule has 0 N–H and O–H groups in total. The first kappa shape index (κ1) is 12.4. The average Bonchev–Trinajstić information content (AvgIpc) is 3.05. The van der Waals surface area contributed by atoms with Crippen LogP contribution < -0.4 is 0 Å². The number of hydrogen-bond donors (Lipinski definition) is 0. The number of pyridine rings is 1. The highest BCUT2D eigenvalue weighted by atomic mass is 16.5. The Hall–Kier alpha value is -2.63. The van der Waals surface area contributed by atoms with Gasteiger partial charge in [-0.1, -0.05) is 6.07 Å². The van der Waals surface area contributed by atoms with Gasteiger partial charge in [0.25, 0.3) is 0 Å². The molecule has 6 nitrogen and oxygen atoms in total. The predicted molar refractivity (Wildman–Crippen MR) is 72.5 cm³/mol. The first-order chi connectivity index (χ1) is 9.76. The average molecular weight is 270 g/mol. The second-order valence-corrected chi connectivity index (χ2v) is 4.35. The fourth-order valence-corrected chi connectivity index (χ4v) is 2.01. The maximum Gasteiger partial charge on any atom is 0.358 e. The lowest BCUT2D eigenvalue weighted by Gasteiger charge is -1.97. The number of rotatable bonds is 4. The molecule has 0 aliphatic carbocycles. The summed E-state index contributed by atoms with van der Waals surface area (Å²) < 4.78 is 8.68. The van der Waals surface area contributed by atoms with Crippen molar-refractivity contribution in [3.8, 4) is 0 Å². The fraction of sp³-hybridized carbons (Fsp3) is 0.214. The van der Waals surface area contributed by atoms with Crippen molar-refractivity contribution in [1.82, 2.24) is 18.9 Å². The Morgan fingerprint density at radius 3 is 3.05 bits per heavy atom. The molecule has 0 fully saturated rings. The molecule has 0 amide bonds. The molecule has 0 spiro atoms. The number of imidazole rings is 2. The summed E-state index contributed by atoms with van der Waals surface area (Å²) in [5, 5.41) is 0. The minimum Gasteiger partial charge on any atom is -0.461 e. The SMILES string of the molecule is CCOC(=O)c1cn(Cc2cn3ccccc3n2)cn1. The van der Waals surface area contributed by atoms with Crippen LogP contribution in [0.25, 0.3) is 5.65 Å². The Morgan fingerprint density at radius 2 is 2.25 bits per heavy atom. The molecule has 0 aromatic carbocycles. The molecule has 3 heterocycles. The second kappa shape index (κ2) is 5.16. The molecule has 0 aliphatic rings. The van der Waals surface area contributed by atoms with E-state index in [1.807, 2.05) is 39.6 Å². The summed E-state index contributed by atoms with van der Waals surface area (Å²) in [7, 11) is 0. The van der Waals surface area contributed by atoms with Crippen molar-refractivity contribution in [2.75, 3.05) is 6.61 Å². The maximum absolute atomic E-state index is 11.5. The van der Waals surface area contributed by atoms with Crippen LogP contribution in [0.2, 0.25) is 0 Å². The summed E-state index contributed by atoms with van der Waals surface area (Å²) in [4.78, 5) is 20.1. The van der Waals surface area contributed by atoms with Gasteiger partial charge in [-0.05, 0) is 19.1 Å². The monoisotopic (exact) mass is 270 g/mol. The van der Waals surface area contributed by atoms with E-state index in [0.717, 1.165) is 11.3 Å². The van der Waals surface area contributed by atoms with E-state index in [1.54, 1.807) is 19.4 Å². The number of fused-ring (bicyclic) bond motifs is 1. The summed E-state index contributed by atoms with van der Waals surface area (Å²) in [6.45, 7) is 2.68. The molecular weight excluding hydrogens is 256 g/mol. The van der Waals surface area contributed by atoms with E-state index in [2.05, 4.69) is 9.97 Å². The van der Waals surface area contributed by atoms with Gasteiger partial charge in [0.1, 0.15) is 5.65 Å². The van der Waals surface area contributed by atoms with E-state index in [0.29, 0.717) is 18.8 Å². The first-order valence-electron chi connectivity index (χ1n) is 6.38. The molecule has 0 aliphatic heterocycles. The van der Waals surface area contributed by atoms with Gasteiger partial charge >= 0.3 is 5.97 Å². The number of esters is 1. The zero-order valence-electron chi connectivity index (χ0n) is 11.1. The van der Waals surface area contributed by atoms with Crippen LogP contribution >= 0.6 is 0 Å². The van der Waals surface area contributed by atoms with E-state index in [1.165, 1.54) is 0 Å². The van der Waals surface area contributed by atoms with Crippen molar-refractivity contribution >= 4 is 11.6 Å². The molecule has 0 saturated carbocycles. The number of nitrogens with zero attached hydrogens (tertiary/aromatic N) is 4. The number of aromatic nitrogens is 4. The lowest BCUT2D eigenvalue weighted by molar-refractivity contribution is 0.0520. The normalized spacial score (nSPS) is 10.8. The smallest absolute Gasteiger partial charge is 0.358 e. The van der Waals surface area contributed by atoms with Crippen LogP contribution in [0.4, 0.5) is 0 Å². The lowest BCUT2D eigenvalue weighted by Crippen LogP contribution is -2.05. The molecule has 0 saturated heterocycles. The molecule has 3 aromatic rings. The van der Waals surface area contributed by atoms with Gasteiger partial charge in [-0.25, -0.2) is 14.8 Å². The van der Waals surface area contributed by atoms with Crippen molar-refractivity contribution in [2.24, 2.45) is 0 Å². The van der Waals surface area contributed by atoms with Crippen molar-refractivity contribution in [2.45, 2.75) is 13.5 Å². The van der Waals surface area contributed by atoms with Crippen molar-refractivity contribution < 1.29 is 9.53 Å². The zero-order valence-corrected chi connectivity index (χ0v) is 11.1. The van der Waals surface area contributed by atoms with E-state index in [4.69, 9.17) is 4.74 Å². The van der Waals surface area contributed by atoms with Gasteiger partial charge in [-0.2, -0.15) is 0 Å². The summed E-state index contributed by atoms with van der Waals surface area (Å²) >= 11 is 0. The van der Waals surface area contributed by atoms with Gasteiger partial charge < -0.3 is 13.7 Å². The third kappa shape index (κ3) is 2.40. The lowest BCUT2D eigenvalue weighted by atomic mass is 10.4. The van der Waals surface area contributed by atoms with Gasteiger partial charge in [0.05, 0.1) is 25.2 Å². The number of ether oxygens (including phenoxy) is 1. The number of hydrogen-bond acceptors (Lipinski definition) is 4. The van der Waals surface area contributed by atoms with Crippen molar-refractivity contribution in [3.05, 3.63) is 54.5 Å². The van der Waals surface area contributed by atoms with Gasteiger partial charge in [0, 0.05) is 18.6 Å². The van der Waals surface area contributed by atoms with E-state index >= 15 is 0 Å². The third-order valence-corrected chi connectivity index (χ3v) is 2.88. The number of carbonyl (C=O) groups is 1. The standard InChI is InChI=1S/C14H14N4O2/c1-2-20-14(19)12-9-17(10-15-12)7-11-8-18-6-4-3-5-13(18)16-11/h3-6,8-10H,2,7H2,1H3. The molecule has 0 bridgehead atoms. The highest BCUT2D eigenvalue weighted by molar-refractivity contribution is 5.86. The van der Waals surface area contributed by atoms with Gasteiger partial charge in [-0.3, -0.25) is 0 Å². The summed E-state index contributed by atoms with van der Waals surface area (Å²) in [6, 6.07) is 5.85. The molecular formula is C14H14N4O2. The molecule has 20 heavy (non-hydrogen) atoms. The van der Waals surface area contributed by atoms with Crippen LogP contribution in [0.15, 0.2) is 43.1 Å². The van der Waals surface area contributed by atoms with Crippen LogP contribution in [-0.2, 0) is 11.3 Å². The summed E-state index contributed by atoms with van der Waals surface area (Å²) in [5.41, 5.74) is 2.12. The second-order valence-electron chi connectivity index (χ2n) is 4.35. The Labute approximate surface area is 115 Å². The first-order valence-corrected chi connectivity index (χ1v) is 6.38. The zero-order chi connectivity index (χ0) is 13.9. The van der Waals surface area contributed by atoms with Crippen molar-refractivity contribution in [3.63, 3.8) is 0 Å². The van der Waals surface area contributed by atoms with Crippen molar-refractivity contribution in [1.29, 1.82) is 0 Å². The molecule has 6 heteroatoms. The Balaban J connectivity index is 1.79. The molecule has 0 radical (unpaired) electrons. The van der Waals surface area contributed by atoms with Crippen LogP contribution in [-0.4, -0.2) is 31.5 Å². The van der Waals surface area contributed by atoms with Gasteiger partial charge in [0.15, 0.2) is 5.69 Å². The van der Waals surface area contributed by atoms with E-state index < -0.39 is 5.97 Å². The molecule has 102 valence electrons. The molecule has 3 aromatic heterocycles. The van der Waals surface area contributed by atoms with Crippen LogP contribution in [0.1, 0.15) is 23.1 Å². The third-order valence-electron chi connectivity index (χ3n) is 2.88. The Bertz CT molecular complexity index is 711. The Kier molecular flexibility index (Phi) is 3.20. The minimum absolute atomic E-state index is 0.315. The highest BCUT2D eigenvalue weighted by Gasteiger charge is 2.10. The summed E-state index contributed by atoms with van der Waals surface area (Å²) in [5.74, 6) is -0.402. The fourth-order valence-electron chi connectivity index (χ4n) is 2.01. The highest BCUT2D eigenvalue weighted by Crippen LogP contribution is 2.07. The molecule has 3 rings (SSSR count). The summed E-state index contributed by atoms with van der Waals surface area (Å²) in [6.07, 6.45) is 7.18. The van der Waals surface area contributed by atoms with E-state index in [-0.39, 0.29) is 0 Å². The minimum atomic E-state index is -0.402. The Morgan fingerprint density at radius 1 is 1.35 bits per heavy atom. The quantitative estimate of drug-likeness (QED) is 0.678. The largest absolute Gasteiger partial charge is 0.461 e.